The van der Waals surface area contributed by atoms with Gasteiger partial charge in [0.15, 0.2) is 0 Å². The smallest absolute Gasteiger partial charge is 0.269 e. The number of carbonyl (C=O) groups excluding carboxylic acids is 1. The lowest BCUT2D eigenvalue weighted by atomic mass is 9.97. The lowest BCUT2D eigenvalue weighted by Crippen LogP contribution is -2.31. The maximum absolute atomic E-state index is 13.2. The predicted octanol–water partition coefficient (Wildman–Crippen LogP) is 6.05. The number of benzene rings is 3. The van der Waals surface area contributed by atoms with Crippen molar-refractivity contribution >= 4 is 27.7 Å². The Morgan fingerprint density at radius 2 is 1.60 bits per heavy atom. The van der Waals surface area contributed by atoms with Crippen molar-refractivity contribution in [2.75, 3.05) is 20.8 Å². The monoisotopic (exact) mass is 625 g/mol. The number of fused-ring (bicyclic) bond motifs is 2. The lowest BCUT2D eigenvalue weighted by Gasteiger charge is -2.20. The molecular weight excluding hydrogens is 590 g/mol. The van der Waals surface area contributed by atoms with Crippen LogP contribution < -0.4 is 14.8 Å². The van der Waals surface area contributed by atoms with Gasteiger partial charge in [-0.25, -0.2) is 0 Å². The van der Waals surface area contributed by atoms with Gasteiger partial charge in [-0.1, -0.05) is 42.5 Å². The number of aromatic amines is 2. The summed E-state index contributed by atoms with van der Waals surface area (Å²) in [7, 11) is 3.30. The Hall–Kier alpha value is -5.90. The van der Waals surface area contributed by atoms with E-state index in [1.54, 1.807) is 38.6 Å². The largest absolute Gasteiger partial charge is 0.497 e. The number of hydrogen-bond acceptors (Lipinski definition) is 6. The maximum atomic E-state index is 13.2. The first kappa shape index (κ1) is 29.8. The molecule has 0 aliphatic rings. The Kier molecular flexibility index (Phi) is 8.38. The topological polar surface area (TPSA) is 123 Å². The highest BCUT2D eigenvalue weighted by molar-refractivity contribution is 5.92. The second-order valence-electron chi connectivity index (χ2n) is 11.4. The molecule has 0 saturated heterocycles. The van der Waals surface area contributed by atoms with Crippen LogP contribution in [0.25, 0.3) is 21.8 Å². The normalized spacial score (nSPS) is 12.0. The third-order valence-electron chi connectivity index (χ3n) is 8.64. The summed E-state index contributed by atoms with van der Waals surface area (Å²) >= 11 is 0. The molecule has 1 atom stereocenters. The highest BCUT2D eigenvalue weighted by Gasteiger charge is 2.27. The average molecular weight is 626 g/mol. The number of amides is 1. The van der Waals surface area contributed by atoms with Crippen LogP contribution in [-0.2, 0) is 19.4 Å². The van der Waals surface area contributed by atoms with Gasteiger partial charge in [-0.15, -0.1) is 10.2 Å². The Morgan fingerprint density at radius 1 is 0.830 bits per heavy atom. The fraction of sp³-hybridized carbons (Fsp3) is 0.189. The highest BCUT2D eigenvalue weighted by Crippen LogP contribution is 2.33. The first-order valence-electron chi connectivity index (χ1n) is 15.6. The molecule has 1 unspecified atom stereocenters. The molecular formula is C37H35N7O3. The fourth-order valence-electron chi connectivity index (χ4n) is 6.21. The van der Waals surface area contributed by atoms with Crippen molar-refractivity contribution in [3.05, 3.63) is 138 Å². The number of para-hydroxylation sites is 2. The van der Waals surface area contributed by atoms with Crippen molar-refractivity contribution in [3.8, 4) is 11.5 Å². The van der Waals surface area contributed by atoms with E-state index in [2.05, 4.69) is 55.3 Å². The number of pyridine rings is 1. The zero-order valence-corrected chi connectivity index (χ0v) is 26.2. The third kappa shape index (κ3) is 6.05. The van der Waals surface area contributed by atoms with Crippen LogP contribution in [0.5, 0.6) is 11.5 Å². The summed E-state index contributed by atoms with van der Waals surface area (Å²) in [6, 6.07) is 27.6. The SMILES string of the molecule is COc1ccc(Cn2c(CCc3c[nH]c4ccccc34)nnc2C(CNC(=O)c2ccccn2)c2c[nH]c3ccccc23)c(OC)c1. The average Bonchev–Trinajstić information content (AvgIpc) is 3.85. The molecule has 10 nitrogen and oxygen atoms in total. The van der Waals surface area contributed by atoms with Crippen molar-refractivity contribution in [2.24, 2.45) is 0 Å². The first-order chi connectivity index (χ1) is 23.1. The number of aryl methyl sites for hydroxylation is 2. The molecule has 236 valence electrons. The van der Waals surface area contributed by atoms with Gasteiger partial charge in [-0.3, -0.25) is 9.78 Å². The molecule has 4 heterocycles. The van der Waals surface area contributed by atoms with Crippen LogP contribution in [0.4, 0.5) is 0 Å². The van der Waals surface area contributed by atoms with Crippen molar-refractivity contribution in [1.29, 1.82) is 0 Å². The van der Waals surface area contributed by atoms with Crippen LogP contribution in [0.1, 0.15) is 44.7 Å². The standard InChI is InChI=1S/C37H35N7O3/c1-46-26-16-14-25(34(19-26)47-2)23-44-35(17-15-24-20-39-31-11-5-3-9-27(24)31)42-43-36(44)30(22-41-37(45)33-13-7-8-18-38-33)29-21-40-32-12-6-4-10-28(29)32/h3-14,16,18-21,30,39-40H,15,17,22-23H2,1-2H3,(H,41,45). The molecule has 0 aliphatic carbocycles. The zero-order valence-electron chi connectivity index (χ0n) is 26.2. The van der Waals surface area contributed by atoms with Crippen LogP contribution in [0.2, 0.25) is 0 Å². The summed E-state index contributed by atoms with van der Waals surface area (Å²) in [5.41, 5.74) is 5.66. The second-order valence-corrected chi connectivity index (χ2v) is 11.4. The molecule has 4 aromatic heterocycles. The molecule has 0 aliphatic heterocycles. The van der Waals surface area contributed by atoms with Crippen LogP contribution in [0.3, 0.4) is 0 Å². The third-order valence-corrected chi connectivity index (χ3v) is 8.64. The number of nitrogens with one attached hydrogen (secondary N) is 3. The van der Waals surface area contributed by atoms with E-state index in [0.29, 0.717) is 30.2 Å². The van der Waals surface area contributed by atoms with Gasteiger partial charge in [-0.05, 0) is 53.9 Å². The van der Waals surface area contributed by atoms with E-state index in [4.69, 9.17) is 19.7 Å². The Labute approximate surface area is 271 Å². The van der Waals surface area contributed by atoms with Crippen molar-refractivity contribution in [2.45, 2.75) is 25.3 Å². The minimum absolute atomic E-state index is 0.252. The number of hydrogen-bond donors (Lipinski definition) is 3. The minimum Gasteiger partial charge on any atom is -0.497 e. The van der Waals surface area contributed by atoms with E-state index >= 15 is 0 Å². The van der Waals surface area contributed by atoms with Crippen LogP contribution in [-0.4, -0.2) is 56.4 Å². The lowest BCUT2D eigenvalue weighted by molar-refractivity contribution is 0.0947. The summed E-state index contributed by atoms with van der Waals surface area (Å²) in [4.78, 5) is 24.3. The van der Waals surface area contributed by atoms with E-state index < -0.39 is 0 Å². The number of carbonyl (C=O) groups is 1. The van der Waals surface area contributed by atoms with Gasteiger partial charge in [0.1, 0.15) is 28.8 Å². The molecule has 3 aromatic carbocycles. The molecule has 0 spiro atoms. The van der Waals surface area contributed by atoms with Crippen molar-refractivity contribution < 1.29 is 14.3 Å². The van der Waals surface area contributed by atoms with E-state index in [9.17, 15) is 4.79 Å². The van der Waals surface area contributed by atoms with E-state index in [1.165, 1.54) is 10.9 Å². The Balaban J connectivity index is 1.30. The highest BCUT2D eigenvalue weighted by atomic mass is 16.5. The van der Waals surface area contributed by atoms with Gasteiger partial charge >= 0.3 is 0 Å². The van der Waals surface area contributed by atoms with Gasteiger partial charge in [-0.2, -0.15) is 0 Å². The van der Waals surface area contributed by atoms with Gasteiger partial charge in [0, 0.05) is 65.0 Å². The van der Waals surface area contributed by atoms with Gasteiger partial charge in [0.2, 0.25) is 0 Å². The Bertz CT molecular complexity index is 2150. The first-order valence-corrected chi connectivity index (χ1v) is 15.6. The number of methoxy groups -OCH3 is 2. The molecule has 7 rings (SSSR count). The molecule has 0 bridgehead atoms. The molecule has 47 heavy (non-hydrogen) atoms. The molecule has 7 aromatic rings. The molecule has 1 amide bonds. The van der Waals surface area contributed by atoms with E-state index in [-0.39, 0.29) is 18.4 Å². The van der Waals surface area contributed by atoms with Gasteiger partial charge < -0.3 is 29.3 Å². The van der Waals surface area contributed by atoms with E-state index in [1.807, 2.05) is 48.7 Å². The van der Waals surface area contributed by atoms with Crippen molar-refractivity contribution in [3.63, 3.8) is 0 Å². The van der Waals surface area contributed by atoms with Crippen LogP contribution >= 0.6 is 0 Å². The predicted molar refractivity (Wildman–Crippen MR) is 181 cm³/mol. The molecule has 3 N–H and O–H groups in total. The number of aromatic nitrogens is 6. The van der Waals surface area contributed by atoms with Crippen LogP contribution in [0.15, 0.2) is 104 Å². The van der Waals surface area contributed by atoms with E-state index in [0.717, 1.165) is 45.6 Å². The number of nitrogens with zero attached hydrogens (tertiary/aromatic N) is 4. The fourth-order valence-corrected chi connectivity index (χ4v) is 6.21. The second kappa shape index (κ2) is 13.2. The quantitative estimate of drug-likeness (QED) is 0.152. The summed E-state index contributed by atoms with van der Waals surface area (Å²) in [6.45, 7) is 0.753. The Morgan fingerprint density at radius 3 is 2.38 bits per heavy atom. The minimum atomic E-state index is -0.322. The summed E-state index contributed by atoms with van der Waals surface area (Å²) in [5.74, 6) is 2.42. The molecule has 0 radical (unpaired) electrons. The van der Waals surface area contributed by atoms with Gasteiger partial charge in [0.25, 0.3) is 5.91 Å². The van der Waals surface area contributed by atoms with Crippen molar-refractivity contribution in [1.82, 2.24) is 35.0 Å². The zero-order chi connectivity index (χ0) is 32.2. The summed E-state index contributed by atoms with van der Waals surface area (Å²) < 4.78 is 13.4. The molecule has 10 heteroatoms. The summed E-state index contributed by atoms with van der Waals surface area (Å²) in [5, 5.41) is 15.0. The number of H-pyrrole nitrogens is 2. The maximum Gasteiger partial charge on any atom is 0.269 e. The van der Waals surface area contributed by atoms with Crippen LogP contribution in [0, 0.1) is 0 Å². The molecule has 0 fully saturated rings. The number of rotatable bonds is 12. The van der Waals surface area contributed by atoms with Gasteiger partial charge in [0.05, 0.1) is 26.7 Å². The molecule has 0 saturated carbocycles. The number of ether oxygens (including phenoxy) is 2. The summed E-state index contributed by atoms with van der Waals surface area (Å²) in [6.07, 6.45) is 7.12.